The van der Waals surface area contributed by atoms with Crippen molar-refractivity contribution in [1.82, 2.24) is 9.21 Å². The first-order valence-electron chi connectivity index (χ1n) is 9.94. The predicted octanol–water partition coefficient (Wildman–Crippen LogP) is 3.19. The lowest BCUT2D eigenvalue weighted by molar-refractivity contribution is -0.130. The molecule has 1 aliphatic rings. The van der Waals surface area contributed by atoms with Crippen molar-refractivity contribution in [2.45, 2.75) is 36.9 Å². The van der Waals surface area contributed by atoms with E-state index in [4.69, 9.17) is 0 Å². The van der Waals surface area contributed by atoms with Gasteiger partial charge in [0.2, 0.25) is 5.91 Å². The predicted molar refractivity (Wildman–Crippen MR) is 118 cm³/mol. The summed E-state index contributed by atoms with van der Waals surface area (Å²) in [7, 11) is 0.576. The Hall–Kier alpha value is -1.90. The van der Waals surface area contributed by atoms with Gasteiger partial charge >= 0.3 is 0 Å². The van der Waals surface area contributed by atoms with Crippen LogP contribution in [0.5, 0.6) is 0 Å². The Labute approximate surface area is 177 Å². The number of carbonyl (C=O) groups is 1. The Kier molecular flexibility index (Phi) is 6.97. The van der Waals surface area contributed by atoms with Crippen molar-refractivity contribution in [1.29, 1.82) is 0 Å². The van der Waals surface area contributed by atoms with E-state index in [0.717, 1.165) is 29.0 Å². The highest BCUT2D eigenvalue weighted by Crippen LogP contribution is 2.28. The second-order valence-electron chi connectivity index (χ2n) is 7.48. The molecule has 6 nitrogen and oxygen atoms in total. The molecule has 158 valence electrons. The van der Waals surface area contributed by atoms with Crippen LogP contribution >= 0.6 is 11.3 Å². The summed E-state index contributed by atoms with van der Waals surface area (Å²) >= 11 is 1.21. The molecular formula is C21H29N3O3S2. The van der Waals surface area contributed by atoms with Gasteiger partial charge in [-0.15, -0.1) is 11.3 Å². The molecule has 1 fully saturated rings. The number of likely N-dealkylation sites (N-methyl/N-ethyl adjacent to an activating group) is 1. The van der Waals surface area contributed by atoms with Crippen LogP contribution in [0.2, 0.25) is 0 Å². The molecule has 2 heterocycles. The second kappa shape index (κ2) is 9.28. The molecule has 0 saturated carbocycles. The van der Waals surface area contributed by atoms with E-state index >= 15 is 0 Å². The number of thiophene rings is 1. The topological polar surface area (TPSA) is 60.9 Å². The monoisotopic (exact) mass is 435 g/mol. The standard InChI is InChI=1S/C21H29N3O3S2/c1-4-23(16-17-7-9-18(10-8-17)22(2)3)20(25)15-19-11-12-21(28-19)29(26,27)24-13-5-6-14-24/h7-12H,4-6,13-16H2,1-3H3. The number of hydrogen-bond donors (Lipinski definition) is 0. The zero-order chi connectivity index (χ0) is 21.0. The normalized spacial score (nSPS) is 14.9. The molecule has 2 aromatic rings. The molecule has 0 atom stereocenters. The fourth-order valence-corrected chi connectivity index (χ4v) is 6.42. The number of rotatable bonds is 8. The SMILES string of the molecule is CCN(Cc1ccc(N(C)C)cc1)C(=O)Cc1ccc(S(=O)(=O)N2CCCC2)s1. The Balaban J connectivity index is 1.64. The maximum absolute atomic E-state index is 12.8. The van der Waals surface area contributed by atoms with Crippen LogP contribution in [0.1, 0.15) is 30.2 Å². The van der Waals surface area contributed by atoms with Crippen molar-refractivity contribution in [2.75, 3.05) is 38.6 Å². The Morgan fingerprint density at radius 2 is 1.72 bits per heavy atom. The van der Waals surface area contributed by atoms with Gasteiger partial charge in [-0.1, -0.05) is 12.1 Å². The van der Waals surface area contributed by atoms with E-state index in [1.54, 1.807) is 21.3 Å². The number of anilines is 1. The van der Waals surface area contributed by atoms with Gasteiger partial charge in [0.05, 0.1) is 6.42 Å². The molecule has 1 aromatic carbocycles. The maximum atomic E-state index is 12.8. The molecule has 1 aliphatic heterocycles. The van der Waals surface area contributed by atoms with E-state index in [1.807, 2.05) is 50.2 Å². The van der Waals surface area contributed by atoms with Crippen molar-refractivity contribution in [3.8, 4) is 0 Å². The van der Waals surface area contributed by atoms with Gasteiger partial charge in [0.1, 0.15) is 4.21 Å². The molecule has 1 saturated heterocycles. The molecule has 29 heavy (non-hydrogen) atoms. The van der Waals surface area contributed by atoms with E-state index in [1.165, 1.54) is 11.3 Å². The van der Waals surface area contributed by atoms with Crippen molar-refractivity contribution in [3.63, 3.8) is 0 Å². The Morgan fingerprint density at radius 3 is 2.31 bits per heavy atom. The van der Waals surface area contributed by atoms with Crippen molar-refractivity contribution in [2.24, 2.45) is 0 Å². The number of amides is 1. The lowest BCUT2D eigenvalue weighted by Gasteiger charge is -2.21. The second-order valence-corrected chi connectivity index (χ2v) is 10.8. The quantitative estimate of drug-likeness (QED) is 0.639. The number of nitrogens with zero attached hydrogens (tertiary/aromatic N) is 3. The van der Waals surface area contributed by atoms with Gasteiger partial charge in [-0.25, -0.2) is 8.42 Å². The maximum Gasteiger partial charge on any atom is 0.252 e. The van der Waals surface area contributed by atoms with Gasteiger partial charge in [0.15, 0.2) is 0 Å². The fraction of sp³-hybridized carbons (Fsp3) is 0.476. The summed E-state index contributed by atoms with van der Waals surface area (Å²) in [5.74, 6) is 0.0103. The molecule has 0 aliphatic carbocycles. The highest BCUT2D eigenvalue weighted by atomic mass is 32.2. The highest BCUT2D eigenvalue weighted by Gasteiger charge is 2.28. The summed E-state index contributed by atoms with van der Waals surface area (Å²) in [6, 6.07) is 11.6. The van der Waals surface area contributed by atoms with E-state index in [9.17, 15) is 13.2 Å². The summed E-state index contributed by atoms with van der Waals surface area (Å²) in [5, 5.41) is 0. The van der Waals surface area contributed by atoms with Crippen LogP contribution in [0.15, 0.2) is 40.6 Å². The molecule has 8 heteroatoms. The van der Waals surface area contributed by atoms with Crippen LogP contribution in [-0.2, 0) is 27.8 Å². The third kappa shape index (κ3) is 5.18. The summed E-state index contributed by atoms with van der Waals surface area (Å²) in [5.41, 5.74) is 2.20. The number of hydrogen-bond acceptors (Lipinski definition) is 5. The summed E-state index contributed by atoms with van der Waals surface area (Å²) in [6.45, 7) is 4.30. The molecule has 0 bridgehead atoms. The van der Waals surface area contributed by atoms with E-state index < -0.39 is 10.0 Å². The molecule has 0 radical (unpaired) electrons. The summed E-state index contributed by atoms with van der Waals surface area (Å²) in [6.07, 6.45) is 2.05. The van der Waals surface area contributed by atoms with Crippen LogP contribution < -0.4 is 4.90 Å². The van der Waals surface area contributed by atoms with Gasteiger partial charge in [-0.3, -0.25) is 4.79 Å². The molecule has 0 unspecified atom stereocenters. The minimum atomic E-state index is -3.42. The first kappa shape index (κ1) is 21.8. The van der Waals surface area contributed by atoms with E-state index in [2.05, 4.69) is 0 Å². The van der Waals surface area contributed by atoms with Crippen LogP contribution in [0.3, 0.4) is 0 Å². The van der Waals surface area contributed by atoms with Crippen LogP contribution in [0.4, 0.5) is 5.69 Å². The van der Waals surface area contributed by atoms with Crippen LogP contribution in [-0.4, -0.2) is 57.3 Å². The largest absolute Gasteiger partial charge is 0.378 e. The van der Waals surface area contributed by atoms with E-state index in [0.29, 0.717) is 30.4 Å². The van der Waals surface area contributed by atoms with Gasteiger partial charge in [-0.05, 0) is 49.6 Å². The van der Waals surface area contributed by atoms with Crippen molar-refractivity contribution in [3.05, 3.63) is 46.8 Å². The van der Waals surface area contributed by atoms with Crippen LogP contribution in [0, 0.1) is 0 Å². The van der Waals surface area contributed by atoms with Crippen molar-refractivity contribution < 1.29 is 13.2 Å². The number of sulfonamides is 1. The highest BCUT2D eigenvalue weighted by molar-refractivity contribution is 7.91. The minimum Gasteiger partial charge on any atom is -0.378 e. The molecule has 0 N–H and O–H groups in total. The average molecular weight is 436 g/mol. The third-order valence-electron chi connectivity index (χ3n) is 5.18. The van der Waals surface area contributed by atoms with Gasteiger partial charge in [0.25, 0.3) is 10.0 Å². The van der Waals surface area contributed by atoms with E-state index in [-0.39, 0.29) is 12.3 Å². The lowest BCUT2D eigenvalue weighted by Crippen LogP contribution is -2.31. The average Bonchev–Trinajstić information content (AvgIpc) is 3.39. The minimum absolute atomic E-state index is 0.0103. The first-order chi connectivity index (χ1) is 13.8. The van der Waals surface area contributed by atoms with Gasteiger partial charge in [-0.2, -0.15) is 4.31 Å². The molecule has 3 rings (SSSR count). The Morgan fingerprint density at radius 1 is 1.07 bits per heavy atom. The number of carbonyl (C=O) groups excluding carboxylic acids is 1. The first-order valence-corrected chi connectivity index (χ1v) is 12.2. The third-order valence-corrected chi connectivity index (χ3v) is 8.63. The summed E-state index contributed by atoms with van der Waals surface area (Å²) < 4.78 is 27.2. The summed E-state index contributed by atoms with van der Waals surface area (Å²) in [4.78, 5) is 17.4. The zero-order valence-electron chi connectivity index (χ0n) is 17.3. The van der Waals surface area contributed by atoms with Gasteiger partial charge in [0, 0.05) is 50.8 Å². The molecule has 1 amide bonds. The molecule has 1 aromatic heterocycles. The zero-order valence-corrected chi connectivity index (χ0v) is 18.9. The Bertz CT molecular complexity index is 930. The fourth-order valence-electron chi connectivity index (χ4n) is 3.40. The molecular weight excluding hydrogens is 406 g/mol. The lowest BCUT2D eigenvalue weighted by atomic mass is 10.1. The van der Waals surface area contributed by atoms with Crippen LogP contribution in [0.25, 0.3) is 0 Å². The molecule has 0 spiro atoms. The number of benzene rings is 1. The van der Waals surface area contributed by atoms with Gasteiger partial charge < -0.3 is 9.80 Å². The van der Waals surface area contributed by atoms with Crippen molar-refractivity contribution >= 4 is 33.0 Å². The smallest absolute Gasteiger partial charge is 0.252 e.